The fourth-order valence-electron chi connectivity index (χ4n) is 3.69. The molecular weight excluding hydrogens is 390 g/mol. The molecule has 0 bridgehead atoms. The van der Waals surface area contributed by atoms with Crippen molar-refractivity contribution in [3.63, 3.8) is 0 Å². The van der Waals surface area contributed by atoms with Crippen LogP contribution in [0.25, 0.3) is 0 Å². The fraction of sp³-hybridized carbons (Fsp3) is 0.429. The molecule has 1 aliphatic rings. The highest BCUT2D eigenvalue weighted by molar-refractivity contribution is 7.90. The van der Waals surface area contributed by atoms with E-state index in [1.54, 1.807) is 0 Å². The average Bonchev–Trinajstić information content (AvgIpc) is 2.95. The highest BCUT2D eigenvalue weighted by Gasteiger charge is 2.19. The molecule has 0 saturated carbocycles. The van der Waals surface area contributed by atoms with Gasteiger partial charge in [0.05, 0.1) is 15.5 Å². The minimum absolute atomic E-state index is 0.0586. The molecule has 0 spiro atoms. The largest absolute Gasteiger partial charge is 0.380 e. The van der Waals surface area contributed by atoms with Crippen LogP contribution in [0.1, 0.15) is 36.8 Å². The molecule has 0 unspecified atom stereocenters. The molecule has 1 fully saturated rings. The molecule has 1 heterocycles. The Morgan fingerprint density at radius 3 is 2.31 bits per heavy atom. The second kappa shape index (κ2) is 9.37. The Kier molecular flexibility index (Phi) is 6.87. The van der Waals surface area contributed by atoms with E-state index in [0.29, 0.717) is 12.2 Å². The summed E-state index contributed by atoms with van der Waals surface area (Å²) in [5.74, 6) is 0. The lowest BCUT2D eigenvalue weighted by atomic mass is 10.1. The van der Waals surface area contributed by atoms with Gasteiger partial charge in [0.1, 0.15) is 0 Å². The topological polar surface area (TPSA) is 92.5 Å². The van der Waals surface area contributed by atoms with Crippen LogP contribution in [-0.2, 0) is 22.9 Å². The number of rotatable bonds is 7. The van der Waals surface area contributed by atoms with Gasteiger partial charge in [-0.15, -0.1) is 0 Å². The third-order valence-electron chi connectivity index (χ3n) is 5.26. The van der Waals surface area contributed by atoms with Crippen LogP contribution >= 0.6 is 0 Å². The molecule has 1 aliphatic heterocycles. The average molecular weight is 418 g/mol. The zero-order valence-electron chi connectivity index (χ0n) is 16.6. The summed E-state index contributed by atoms with van der Waals surface area (Å²) in [5, 5.41) is 14.2. The molecule has 8 heteroatoms. The number of hydrogen-bond acceptors (Lipinski definition) is 6. The summed E-state index contributed by atoms with van der Waals surface area (Å²) in [5.41, 5.74) is 2.44. The van der Waals surface area contributed by atoms with Crippen molar-refractivity contribution in [1.29, 1.82) is 0 Å². The SMILES string of the molecule is CS(=O)(=O)c1cc([N+](=O)[O-])ccc1NCc1ccccc1CN1CCCCCC1. The Balaban J connectivity index is 1.79. The van der Waals surface area contributed by atoms with Gasteiger partial charge in [0.2, 0.25) is 0 Å². The summed E-state index contributed by atoms with van der Waals surface area (Å²) in [6, 6.07) is 12.0. The summed E-state index contributed by atoms with van der Waals surface area (Å²) < 4.78 is 24.3. The summed E-state index contributed by atoms with van der Waals surface area (Å²) in [6.45, 7) is 3.52. The predicted molar refractivity (Wildman–Crippen MR) is 114 cm³/mol. The maximum Gasteiger partial charge on any atom is 0.270 e. The minimum Gasteiger partial charge on any atom is -0.380 e. The van der Waals surface area contributed by atoms with Crippen molar-refractivity contribution >= 4 is 21.2 Å². The molecule has 7 nitrogen and oxygen atoms in total. The van der Waals surface area contributed by atoms with E-state index in [1.807, 2.05) is 18.2 Å². The van der Waals surface area contributed by atoms with Crippen LogP contribution in [-0.4, -0.2) is 37.6 Å². The van der Waals surface area contributed by atoms with E-state index < -0.39 is 14.8 Å². The fourth-order valence-corrected chi connectivity index (χ4v) is 4.56. The highest BCUT2D eigenvalue weighted by Crippen LogP contribution is 2.27. The number of nitro groups is 1. The van der Waals surface area contributed by atoms with Gasteiger partial charge in [-0.25, -0.2) is 8.42 Å². The number of benzene rings is 2. The number of sulfone groups is 1. The van der Waals surface area contributed by atoms with Gasteiger partial charge >= 0.3 is 0 Å². The van der Waals surface area contributed by atoms with Gasteiger partial charge in [0, 0.05) is 31.5 Å². The van der Waals surface area contributed by atoms with Crippen LogP contribution in [0, 0.1) is 10.1 Å². The first-order valence-corrected chi connectivity index (χ1v) is 11.8. The molecule has 0 radical (unpaired) electrons. The molecule has 2 aromatic rings. The van der Waals surface area contributed by atoms with E-state index >= 15 is 0 Å². The van der Waals surface area contributed by atoms with Crippen LogP contribution < -0.4 is 5.32 Å². The first-order valence-electron chi connectivity index (χ1n) is 9.86. The van der Waals surface area contributed by atoms with Crippen molar-refractivity contribution in [3.8, 4) is 0 Å². The van der Waals surface area contributed by atoms with Gasteiger partial charge in [-0.2, -0.15) is 0 Å². The van der Waals surface area contributed by atoms with E-state index in [1.165, 1.54) is 43.4 Å². The van der Waals surface area contributed by atoms with E-state index in [0.717, 1.165) is 37.5 Å². The molecule has 0 aromatic heterocycles. The first kappa shape index (κ1) is 21.3. The molecule has 1 N–H and O–H groups in total. The lowest BCUT2D eigenvalue weighted by Gasteiger charge is -2.22. The maximum absolute atomic E-state index is 12.1. The Labute approximate surface area is 171 Å². The van der Waals surface area contributed by atoms with Crippen LogP contribution in [0.4, 0.5) is 11.4 Å². The van der Waals surface area contributed by atoms with Crippen molar-refractivity contribution in [2.45, 2.75) is 43.7 Å². The third kappa shape index (κ3) is 5.77. The summed E-state index contributed by atoms with van der Waals surface area (Å²) in [4.78, 5) is 12.8. The second-order valence-electron chi connectivity index (χ2n) is 7.52. The van der Waals surface area contributed by atoms with Crippen molar-refractivity contribution < 1.29 is 13.3 Å². The van der Waals surface area contributed by atoms with E-state index in [-0.39, 0.29) is 10.6 Å². The van der Waals surface area contributed by atoms with Crippen LogP contribution in [0.15, 0.2) is 47.4 Å². The summed E-state index contributed by atoms with van der Waals surface area (Å²) >= 11 is 0. The van der Waals surface area contributed by atoms with Crippen molar-refractivity contribution in [2.75, 3.05) is 24.7 Å². The van der Waals surface area contributed by atoms with E-state index in [2.05, 4.69) is 16.3 Å². The Morgan fingerprint density at radius 2 is 1.69 bits per heavy atom. The standard InChI is InChI=1S/C21H27N3O4S/c1-29(27,28)21-14-19(24(25)26)10-11-20(21)22-15-17-8-4-5-9-18(17)16-23-12-6-2-3-7-13-23/h4-5,8-11,14,22H,2-3,6-7,12-13,15-16H2,1H3. The monoisotopic (exact) mass is 417 g/mol. The molecule has 156 valence electrons. The smallest absolute Gasteiger partial charge is 0.270 e. The highest BCUT2D eigenvalue weighted by atomic mass is 32.2. The van der Waals surface area contributed by atoms with Gasteiger partial charge in [0.15, 0.2) is 9.84 Å². The zero-order chi connectivity index (χ0) is 20.9. The van der Waals surface area contributed by atoms with Gasteiger partial charge < -0.3 is 5.32 Å². The van der Waals surface area contributed by atoms with Crippen LogP contribution in [0.2, 0.25) is 0 Å². The van der Waals surface area contributed by atoms with Crippen molar-refractivity contribution in [2.24, 2.45) is 0 Å². The quantitative estimate of drug-likeness (QED) is 0.541. The lowest BCUT2D eigenvalue weighted by molar-refractivity contribution is -0.385. The third-order valence-corrected chi connectivity index (χ3v) is 6.39. The molecule has 3 rings (SSSR count). The van der Waals surface area contributed by atoms with E-state index in [4.69, 9.17) is 0 Å². The van der Waals surface area contributed by atoms with Gasteiger partial charge in [-0.05, 0) is 43.1 Å². The molecule has 1 saturated heterocycles. The van der Waals surface area contributed by atoms with Crippen LogP contribution in [0.3, 0.4) is 0 Å². The van der Waals surface area contributed by atoms with Gasteiger partial charge in [0.25, 0.3) is 5.69 Å². The number of anilines is 1. The number of hydrogen-bond donors (Lipinski definition) is 1. The van der Waals surface area contributed by atoms with Gasteiger partial charge in [-0.3, -0.25) is 15.0 Å². The number of nitrogens with one attached hydrogen (secondary N) is 1. The lowest BCUT2D eigenvalue weighted by Crippen LogP contribution is -2.24. The molecule has 0 atom stereocenters. The van der Waals surface area contributed by atoms with Gasteiger partial charge in [-0.1, -0.05) is 37.1 Å². The molecular formula is C21H27N3O4S. The van der Waals surface area contributed by atoms with E-state index in [9.17, 15) is 18.5 Å². The molecule has 29 heavy (non-hydrogen) atoms. The number of nitrogens with zero attached hydrogens (tertiary/aromatic N) is 2. The van der Waals surface area contributed by atoms with Crippen molar-refractivity contribution in [3.05, 3.63) is 63.7 Å². The number of non-ortho nitro benzene ring substituents is 1. The normalized spacial score (nSPS) is 15.6. The Hall–Kier alpha value is -2.45. The molecule has 2 aromatic carbocycles. The second-order valence-corrected chi connectivity index (χ2v) is 9.51. The number of likely N-dealkylation sites (tertiary alicyclic amines) is 1. The number of nitro benzene ring substituents is 1. The molecule has 0 aliphatic carbocycles. The van der Waals surface area contributed by atoms with Crippen LogP contribution in [0.5, 0.6) is 0 Å². The summed E-state index contributed by atoms with van der Waals surface area (Å²) in [6.07, 6.45) is 6.08. The summed E-state index contributed by atoms with van der Waals surface area (Å²) in [7, 11) is -3.61. The Morgan fingerprint density at radius 1 is 1.03 bits per heavy atom. The maximum atomic E-state index is 12.1. The first-order chi connectivity index (χ1) is 13.8. The zero-order valence-corrected chi connectivity index (χ0v) is 17.5. The minimum atomic E-state index is -3.61. The predicted octanol–water partition coefficient (Wildman–Crippen LogP) is 3.99. The molecule has 0 amide bonds. The Bertz CT molecular complexity index is 968. The van der Waals surface area contributed by atoms with Crippen molar-refractivity contribution in [1.82, 2.24) is 4.90 Å².